The maximum atomic E-state index is 13.8. The lowest BCUT2D eigenvalue weighted by Crippen LogP contribution is -2.45. The third kappa shape index (κ3) is 5.07. The fourth-order valence-electron chi connectivity index (χ4n) is 2.99. The summed E-state index contributed by atoms with van der Waals surface area (Å²) in [6, 6.07) is 3.67. The SMILES string of the molecule is CC(C)COC(=O)C(C(=O)NCc1cccc(F)c1F)=C(N)C1(C)CCCN1. The highest BCUT2D eigenvalue weighted by atomic mass is 19.2. The Bertz CT molecular complexity index is 772. The van der Waals surface area contributed by atoms with E-state index >= 15 is 0 Å². The molecule has 1 aliphatic rings. The van der Waals surface area contributed by atoms with Crippen LogP contribution in [0.3, 0.4) is 0 Å². The standard InChI is InChI=1S/C20H27F2N3O3/c1-12(2)11-28-19(27)15(17(23)20(3)8-5-9-25-20)18(26)24-10-13-6-4-7-14(21)16(13)22/h4,6-7,12,25H,5,8-11,23H2,1-3H3,(H,24,26). The number of halogens is 2. The van der Waals surface area contributed by atoms with Crippen LogP contribution in [0.4, 0.5) is 8.78 Å². The molecule has 4 N–H and O–H groups in total. The molecule has 0 radical (unpaired) electrons. The highest BCUT2D eigenvalue weighted by Gasteiger charge is 2.37. The maximum Gasteiger partial charge on any atom is 0.345 e. The molecule has 0 spiro atoms. The van der Waals surface area contributed by atoms with Crippen molar-refractivity contribution in [1.82, 2.24) is 10.6 Å². The van der Waals surface area contributed by atoms with E-state index in [9.17, 15) is 18.4 Å². The van der Waals surface area contributed by atoms with Crippen LogP contribution >= 0.6 is 0 Å². The topological polar surface area (TPSA) is 93.5 Å². The smallest absolute Gasteiger partial charge is 0.345 e. The molecule has 0 bridgehead atoms. The number of benzene rings is 1. The van der Waals surface area contributed by atoms with Gasteiger partial charge in [0.2, 0.25) is 0 Å². The first-order chi connectivity index (χ1) is 13.2. The number of ether oxygens (including phenoxy) is 1. The van der Waals surface area contributed by atoms with Gasteiger partial charge in [0.15, 0.2) is 11.6 Å². The molecule has 1 aromatic carbocycles. The number of carbonyl (C=O) groups excluding carboxylic acids is 2. The van der Waals surface area contributed by atoms with Crippen molar-refractivity contribution in [2.45, 2.75) is 45.7 Å². The van der Waals surface area contributed by atoms with E-state index in [1.165, 1.54) is 12.1 Å². The molecule has 1 saturated heterocycles. The number of rotatable bonds is 7. The van der Waals surface area contributed by atoms with E-state index in [1.54, 1.807) is 0 Å². The van der Waals surface area contributed by atoms with E-state index in [0.717, 1.165) is 12.5 Å². The third-order valence-corrected chi connectivity index (χ3v) is 4.68. The van der Waals surface area contributed by atoms with Crippen LogP contribution in [0, 0.1) is 17.6 Å². The molecule has 154 valence electrons. The van der Waals surface area contributed by atoms with Gasteiger partial charge in [0.05, 0.1) is 12.1 Å². The minimum atomic E-state index is -1.05. The molecule has 1 aromatic rings. The molecular weight excluding hydrogens is 368 g/mol. The Hall–Kier alpha value is -2.48. The van der Waals surface area contributed by atoms with E-state index in [-0.39, 0.29) is 35.9 Å². The van der Waals surface area contributed by atoms with Gasteiger partial charge in [-0.05, 0) is 38.3 Å². The van der Waals surface area contributed by atoms with Crippen LogP contribution in [0.25, 0.3) is 0 Å². The van der Waals surface area contributed by atoms with Crippen LogP contribution in [0.1, 0.15) is 39.2 Å². The zero-order valence-corrected chi connectivity index (χ0v) is 16.4. The Labute approximate surface area is 163 Å². The van der Waals surface area contributed by atoms with Crippen molar-refractivity contribution in [2.24, 2.45) is 11.7 Å². The number of hydrogen-bond acceptors (Lipinski definition) is 5. The van der Waals surface area contributed by atoms with E-state index in [1.807, 2.05) is 20.8 Å². The van der Waals surface area contributed by atoms with Crippen LogP contribution in [-0.4, -0.2) is 30.6 Å². The molecule has 1 atom stereocenters. The van der Waals surface area contributed by atoms with Crippen molar-refractivity contribution in [2.75, 3.05) is 13.2 Å². The molecule has 6 nitrogen and oxygen atoms in total. The third-order valence-electron chi connectivity index (χ3n) is 4.68. The van der Waals surface area contributed by atoms with Crippen molar-refractivity contribution in [3.63, 3.8) is 0 Å². The second kappa shape index (κ2) is 9.14. The number of nitrogens with two attached hydrogens (primary N) is 1. The van der Waals surface area contributed by atoms with Gasteiger partial charge >= 0.3 is 5.97 Å². The Balaban J connectivity index is 2.26. The highest BCUT2D eigenvalue weighted by Crippen LogP contribution is 2.26. The van der Waals surface area contributed by atoms with Gasteiger partial charge < -0.3 is 21.1 Å². The normalized spacial score (nSPS) is 20.1. The van der Waals surface area contributed by atoms with Crippen molar-refractivity contribution in [1.29, 1.82) is 0 Å². The van der Waals surface area contributed by atoms with Gasteiger partial charge in [-0.25, -0.2) is 13.6 Å². The molecule has 0 aliphatic carbocycles. The maximum absolute atomic E-state index is 13.8. The van der Waals surface area contributed by atoms with E-state index in [0.29, 0.717) is 13.0 Å². The zero-order chi connectivity index (χ0) is 20.9. The molecule has 0 aromatic heterocycles. The highest BCUT2D eigenvalue weighted by molar-refractivity contribution is 6.17. The van der Waals surface area contributed by atoms with E-state index in [2.05, 4.69) is 10.6 Å². The molecule has 1 amide bonds. The molecule has 8 heteroatoms. The molecular formula is C20H27F2N3O3. The number of nitrogens with one attached hydrogen (secondary N) is 2. The summed E-state index contributed by atoms with van der Waals surface area (Å²) in [5.74, 6) is -3.60. The predicted molar refractivity (Wildman–Crippen MR) is 101 cm³/mol. The molecule has 1 heterocycles. The van der Waals surface area contributed by atoms with Crippen LogP contribution in [0.15, 0.2) is 29.5 Å². The molecule has 0 saturated carbocycles. The monoisotopic (exact) mass is 395 g/mol. The number of carbonyl (C=O) groups is 2. The average molecular weight is 395 g/mol. The van der Waals surface area contributed by atoms with Crippen LogP contribution in [0.5, 0.6) is 0 Å². The van der Waals surface area contributed by atoms with Crippen molar-refractivity contribution in [3.8, 4) is 0 Å². The largest absolute Gasteiger partial charge is 0.462 e. The van der Waals surface area contributed by atoms with Crippen LogP contribution < -0.4 is 16.4 Å². The molecule has 1 aliphatic heterocycles. The predicted octanol–water partition coefficient (Wildman–Crippen LogP) is 2.14. The van der Waals surface area contributed by atoms with Gasteiger partial charge in [0.1, 0.15) is 5.57 Å². The summed E-state index contributed by atoms with van der Waals surface area (Å²) in [6.07, 6.45) is 1.51. The summed E-state index contributed by atoms with van der Waals surface area (Å²) < 4.78 is 32.4. The van der Waals surface area contributed by atoms with Gasteiger partial charge in [-0.3, -0.25) is 4.79 Å². The Morgan fingerprint density at radius 2 is 2.07 bits per heavy atom. The summed E-state index contributed by atoms with van der Waals surface area (Å²) in [6.45, 7) is 6.10. The summed E-state index contributed by atoms with van der Waals surface area (Å²) in [7, 11) is 0. The summed E-state index contributed by atoms with van der Waals surface area (Å²) in [5, 5.41) is 5.64. The van der Waals surface area contributed by atoms with Gasteiger partial charge in [-0.2, -0.15) is 0 Å². The number of esters is 1. The Morgan fingerprint density at radius 1 is 1.36 bits per heavy atom. The van der Waals surface area contributed by atoms with Crippen molar-refractivity contribution < 1.29 is 23.1 Å². The molecule has 28 heavy (non-hydrogen) atoms. The first-order valence-corrected chi connectivity index (χ1v) is 9.29. The fraction of sp³-hybridized carbons (Fsp3) is 0.500. The lowest BCUT2D eigenvalue weighted by Gasteiger charge is -2.27. The number of hydrogen-bond donors (Lipinski definition) is 3. The van der Waals surface area contributed by atoms with Gasteiger partial charge in [-0.1, -0.05) is 26.0 Å². The second-order valence-electron chi connectivity index (χ2n) is 7.54. The summed E-state index contributed by atoms with van der Waals surface area (Å²) in [5.41, 5.74) is 5.23. The Morgan fingerprint density at radius 3 is 2.68 bits per heavy atom. The van der Waals surface area contributed by atoms with Gasteiger partial charge in [0, 0.05) is 17.8 Å². The summed E-state index contributed by atoms with van der Waals surface area (Å²) in [4.78, 5) is 25.3. The average Bonchev–Trinajstić information content (AvgIpc) is 3.09. The zero-order valence-electron chi connectivity index (χ0n) is 16.4. The fourth-order valence-corrected chi connectivity index (χ4v) is 2.99. The number of amides is 1. The minimum Gasteiger partial charge on any atom is -0.462 e. The van der Waals surface area contributed by atoms with Crippen LogP contribution in [-0.2, 0) is 20.9 Å². The summed E-state index contributed by atoms with van der Waals surface area (Å²) >= 11 is 0. The molecule has 1 unspecified atom stereocenters. The minimum absolute atomic E-state index is 0.0352. The van der Waals surface area contributed by atoms with E-state index in [4.69, 9.17) is 10.5 Å². The quantitative estimate of drug-likeness (QED) is 0.285. The molecule has 2 rings (SSSR count). The van der Waals surface area contributed by atoms with Crippen molar-refractivity contribution >= 4 is 11.9 Å². The lowest BCUT2D eigenvalue weighted by atomic mass is 9.92. The van der Waals surface area contributed by atoms with Gasteiger partial charge in [-0.15, -0.1) is 0 Å². The second-order valence-corrected chi connectivity index (χ2v) is 7.54. The first-order valence-electron chi connectivity index (χ1n) is 9.29. The lowest BCUT2D eigenvalue weighted by molar-refractivity contribution is -0.141. The van der Waals surface area contributed by atoms with Crippen LogP contribution in [0.2, 0.25) is 0 Å². The van der Waals surface area contributed by atoms with Gasteiger partial charge in [0.25, 0.3) is 5.91 Å². The van der Waals surface area contributed by atoms with E-state index < -0.39 is 29.0 Å². The van der Waals surface area contributed by atoms with Crippen molar-refractivity contribution in [3.05, 3.63) is 46.7 Å². The molecule has 1 fully saturated rings. The first kappa shape index (κ1) is 21.8. The Kier molecular flexibility index (Phi) is 7.12.